The molecule has 0 radical (unpaired) electrons. The van der Waals surface area contributed by atoms with E-state index in [1.165, 1.54) is 31.7 Å². The average molecular weight is 678 g/mol. The third-order valence-corrected chi connectivity index (χ3v) is 15.3. The first-order valence-electron chi connectivity index (χ1n) is 19.3. The van der Waals surface area contributed by atoms with Crippen molar-refractivity contribution < 1.29 is 33.6 Å². The number of Topliss-reactive ketones (excluding diaryl/α,β-unsaturated/α-hetero) is 1. The van der Waals surface area contributed by atoms with Gasteiger partial charge in [-0.25, -0.2) is 0 Å². The molecule has 2 spiro atoms. The molecule has 270 valence electrons. The fourth-order valence-electron chi connectivity index (χ4n) is 13.2. The van der Waals surface area contributed by atoms with Gasteiger partial charge in [0.2, 0.25) is 0 Å². The molecule has 0 amide bonds. The highest BCUT2D eigenvalue weighted by atomic mass is 16.7. The average Bonchev–Trinajstić information content (AvgIpc) is 3.66. The van der Waals surface area contributed by atoms with Crippen LogP contribution in [0.4, 0.5) is 0 Å². The molecule has 8 heteroatoms. The van der Waals surface area contributed by atoms with E-state index in [9.17, 15) is 14.7 Å². The maximum Gasteiger partial charge on any atom is 0.303 e. The number of benzene rings is 1. The van der Waals surface area contributed by atoms with E-state index in [4.69, 9.17) is 18.9 Å². The summed E-state index contributed by atoms with van der Waals surface area (Å²) in [5.41, 5.74) is 0.577. The van der Waals surface area contributed by atoms with E-state index in [1.54, 1.807) is 13.8 Å². The third-order valence-electron chi connectivity index (χ3n) is 15.3. The van der Waals surface area contributed by atoms with Crippen molar-refractivity contribution in [3.63, 3.8) is 0 Å². The Bertz CT molecular complexity index is 1440. The molecule has 2 saturated heterocycles. The summed E-state index contributed by atoms with van der Waals surface area (Å²) in [5.74, 6) is 1.04. The van der Waals surface area contributed by atoms with Gasteiger partial charge in [0.1, 0.15) is 6.10 Å². The zero-order valence-electron chi connectivity index (χ0n) is 30.6. The van der Waals surface area contributed by atoms with Crippen molar-refractivity contribution in [1.82, 2.24) is 4.90 Å². The van der Waals surface area contributed by atoms with Crippen LogP contribution in [0.25, 0.3) is 0 Å². The molecule has 49 heavy (non-hydrogen) atoms. The lowest BCUT2D eigenvalue weighted by molar-refractivity contribution is -0.245. The van der Waals surface area contributed by atoms with Crippen LogP contribution in [0.5, 0.6) is 0 Å². The summed E-state index contributed by atoms with van der Waals surface area (Å²) >= 11 is 0. The van der Waals surface area contributed by atoms with Gasteiger partial charge in [-0.15, -0.1) is 0 Å². The number of carbonyl (C=O) groups is 2. The van der Waals surface area contributed by atoms with E-state index < -0.39 is 29.9 Å². The molecule has 5 aliphatic carbocycles. The molecule has 0 bridgehead atoms. The molecule has 8 nitrogen and oxygen atoms in total. The molecule has 12 atom stereocenters. The molecule has 2 aliphatic heterocycles. The summed E-state index contributed by atoms with van der Waals surface area (Å²) in [6.07, 6.45) is 7.79. The molecule has 2 heterocycles. The highest BCUT2D eigenvalue weighted by Crippen LogP contribution is 2.87. The number of ketones is 1. The number of ether oxygens (including phenoxy) is 4. The van der Waals surface area contributed by atoms with Gasteiger partial charge in [0, 0.05) is 32.5 Å². The SMILES string of the molecule is CC(=O)O[C@@H](C1CCC2C(O1)C(=O)C1C3CCC4C(C)(C)[C@@H](OC5CN(Cc6ccccc6)CCO5)CCC45CC35CC[C@]21C)C(C)(C)O. The van der Waals surface area contributed by atoms with E-state index in [1.807, 2.05) is 0 Å². The molecule has 7 aliphatic rings. The van der Waals surface area contributed by atoms with Crippen LogP contribution < -0.4 is 0 Å². The largest absolute Gasteiger partial charge is 0.457 e. The summed E-state index contributed by atoms with van der Waals surface area (Å²) in [5, 5.41) is 10.9. The lowest BCUT2D eigenvalue weighted by Crippen LogP contribution is -2.56. The second-order valence-corrected chi connectivity index (χ2v) is 18.6. The Hall–Kier alpha value is -1.84. The zero-order valence-corrected chi connectivity index (χ0v) is 30.6. The first-order valence-corrected chi connectivity index (χ1v) is 19.3. The first-order chi connectivity index (χ1) is 23.2. The molecule has 0 aromatic heterocycles. The number of nitrogens with zero attached hydrogens (tertiary/aromatic N) is 1. The van der Waals surface area contributed by atoms with E-state index in [0.29, 0.717) is 30.3 Å². The minimum atomic E-state index is -1.26. The molecule has 7 fully saturated rings. The summed E-state index contributed by atoms with van der Waals surface area (Å²) < 4.78 is 25.4. The molecule has 5 saturated carbocycles. The van der Waals surface area contributed by atoms with Gasteiger partial charge >= 0.3 is 5.97 Å². The third kappa shape index (κ3) is 5.31. The van der Waals surface area contributed by atoms with E-state index in [2.05, 4.69) is 56.0 Å². The zero-order chi connectivity index (χ0) is 34.6. The molecule has 1 aromatic carbocycles. The molecule has 1 aromatic rings. The Balaban J connectivity index is 0.968. The predicted octanol–water partition coefficient (Wildman–Crippen LogP) is 6.32. The number of carbonyl (C=O) groups excluding carboxylic acids is 2. The van der Waals surface area contributed by atoms with Crippen LogP contribution in [0, 0.1) is 45.3 Å². The van der Waals surface area contributed by atoms with Crippen molar-refractivity contribution in [3.8, 4) is 0 Å². The van der Waals surface area contributed by atoms with E-state index in [0.717, 1.165) is 51.7 Å². The van der Waals surface area contributed by atoms with Crippen molar-refractivity contribution in [2.24, 2.45) is 45.3 Å². The number of hydrogen-bond donors (Lipinski definition) is 1. The fourth-order valence-corrected chi connectivity index (χ4v) is 13.2. The number of hydrogen-bond acceptors (Lipinski definition) is 8. The van der Waals surface area contributed by atoms with Crippen LogP contribution in [0.15, 0.2) is 30.3 Å². The van der Waals surface area contributed by atoms with Crippen LogP contribution in [-0.4, -0.2) is 77.8 Å². The molecule has 1 N–H and O–H groups in total. The van der Waals surface area contributed by atoms with Gasteiger partial charge in [-0.3, -0.25) is 14.5 Å². The second kappa shape index (κ2) is 11.8. The lowest BCUT2D eigenvalue weighted by Gasteiger charge is -2.59. The van der Waals surface area contributed by atoms with Crippen LogP contribution in [0.1, 0.15) is 105 Å². The minimum absolute atomic E-state index is 0.0213. The Labute approximate surface area is 292 Å². The van der Waals surface area contributed by atoms with Gasteiger partial charge in [-0.2, -0.15) is 0 Å². The topological polar surface area (TPSA) is 94.5 Å². The summed E-state index contributed by atoms with van der Waals surface area (Å²) in [4.78, 5) is 29.0. The number of morpholine rings is 1. The van der Waals surface area contributed by atoms with Gasteiger partial charge < -0.3 is 24.1 Å². The van der Waals surface area contributed by atoms with Crippen LogP contribution in [-0.2, 0) is 35.1 Å². The summed E-state index contributed by atoms with van der Waals surface area (Å²) in [6.45, 7) is 15.3. The van der Waals surface area contributed by atoms with Crippen molar-refractivity contribution >= 4 is 11.8 Å². The lowest BCUT2D eigenvalue weighted by atomic mass is 9.46. The van der Waals surface area contributed by atoms with Gasteiger partial charge in [-0.05, 0) is 117 Å². The monoisotopic (exact) mass is 677 g/mol. The Morgan fingerprint density at radius 2 is 1.78 bits per heavy atom. The number of esters is 1. The maximum atomic E-state index is 14.6. The van der Waals surface area contributed by atoms with Crippen molar-refractivity contribution in [2.45, 2.75) is 142 Å². The highest BCUT2D eigenvalue weighted by molar-refractivity contribution is 5.90. The number of rotatable bonds is 7. The number of aliphatic hydroxyl groups is 1. The van der Waals surface area contributed by atoms with Gasteiger partial charge in [0.05, 0.1) is 24.4 Å². The molecule has 8 rings (SSSR count). The summed E-state index contributed by atoms with van der Waals surface area (Å²) in [7, 11) is 0. The number of fused-ring (bicyclic) bond motifs is 4. The minimum Gasteiger partial charge on any atom is -0.457 e. The van der Waals surface area contributed by atoms with Crippen molar-refractivity contribution in [1.29, 1.82) is 0 Å². The van der Waals surface area contributed by atoms with Gasteiger partial charge in [0.25, 0.3) is 0 Å². The fraction of sp³-hybridized carbons (Fsp3) is 0.805. The predicted molar refractivity (Wildman–Crippen MR) is 184 cm³/mol. The molecular weight excluding hydrogens is 618 g/mol. The van der Waals surface area contributed by atoms with Crippen LogP contribution in [0.2, 0.25) is 0 Å². The molecular formula is C41H59NO7. The van der Waals surface area contributed by atoms with E-state index >= 15 is 0 Å². The summed E-state index contributed by atoms with van der Waals surface area (Å²) in [6, 6.07) is 10.7. The highest BCUT2D eigenvalue weighted by Gasteiger charge is 2.82. The standard InChI is InChI=1S/C41H59NO7/c1-25(43)47-36(38(4,5)45)29-14-12-28-35(48-29)34(44)33-27-13-15-30-37(2,3)31(16-17-41(30)24-40(27,41)19-18-39(28,33)6)49-32-23-42(20-21-46-32)22-26-10-8-7-9-11-26/h7-11,27-33,35-36,45H,12-24H2,1-6H3/t27?,28?,29?,30?,31-,32?,33?,35?,36-,39+,40?,41?/m0/s1. The van der Waals surface area contributed by atoms with Crippen LogP contribution >= 0.6 is 0 Å². The first kappa shape index (κ1) is 34.3. The Kier molecular flexibility index (Phi) is 8.28. The van der Waals surface area contributed by atoms with E-state index in [-0.39, 0.29) is 46.3 Å². The van der Waals surface area contributed by atoms with Crippen molar-refractivity contribution in [3.05, 3.63) is 35.9 Å². The Morgan fingerprint density at radius 3 is 2.51 bits per heavy atom. The second-order valence-electron chi connectivity index (χ2n) is 18.6. The van der Waals surface area contributed by atoms with Gasteiger partial charge in [-0.1, -0.05) is 51.1 Å². The van der Waals surface area contributed by atoms with Crippen molar-refractivity contribution in [2.75, 3.05) is 19.7 Å². The smallest absolute Gasteiger partial charge is 0.303 e. The van der Waals surface area contributed by atoms with Crippen LogP contribution in [0.3, 0.4) is 0 Å². The quantitative estimate of drug-likeness (QED) is 0.336. The Morgan fingerprint density at radius 1 is 1.02 bits per heavy atom. The van der Waals surface area contributed by atoms with Gasteiger partial charge in [0.15, 0.2) is 18.2 Å². The maximum absolute atomic E-state index is 14.6. The molecule has 9 unspecified atom stereocenters. The normalized spacial score (nSPS) is 44.8.